The normalized spacial score (nSPS) is 11.5. The molecular weight excluding hydrogens is 220 g/mol. The number of aliphatic carboxylic acids is 1. The third-order valence-electron chi connectivity index (χ3n) is 2.17. The summed E-state index contributed by atoms with van der Waals surface area (Å²) in [6.07, 6.45) is 3.37. The highest BCUT2D eigenvalue weighted by Gasteiger charge is 2.14. The van der Waals surface area contributed by atoms with E-state index >= 15 is 0 Å². The monoisotopic (exact) mass is 242 g/mol. The van der Waals surface area contributed by atoms with Gasteiger partial charge in [0.15, 0.2) is 0 Å². The van der Waals surface area contributed by atoms with Crippen LogP contribution in [-0.4, -0.2) is 29.7 Å². The summed E-state index contributed by atoms with van der Waals surface area (Å²) in [5.41, 5.74) is 1.13. The molecule has 3 N–H and O–H groups in total. The molecule has 0 rings (SSSR count). The number of nitrogens with one attached hydrogen (secondary N) is 2. The fraction of sp³-hybridized carbons (Fsp3) is 0.667. The lowest BCUT2D eigenvalue weighted by molar-refractivity contribution is -0.137. The summed E-state index contributed by atoms with van der Waals surface area (Å²) in [7, 11) is 0. The summed E-state index contributed by atoms with van der Waals surface area (Å²) in [4.78, 5) is 22.0. The van der Waals surface area contributed by atoms with Crippen LogP contribution in [0.15, 0.2) is 11.6 Å². The molecule has 0 aliphatic heterocycles. The van der Waals surface area contributed by atoms with Gasteiger partial charge < -0.3 is 15.7 Å². The molecule has 5 heteroatoms. The number of amides is 2. The molecule has 0 saturated carbocycles. The van der Waals surface area contributed by atoms with Crippen LogP contribution >= 0.6 is 0 Å². The summed E-state index contributed by atoms with van der Waals surface area (Å²) in [6.45, 7) is 6.31. The number of carboxylic acids is 1. The van der Waals surface area contributed by atoms with Gasteiger partial charge in [-0.1, -0.05) is 25.0 Å². The average Bonchev–Trinajstić information content (AvgIpc) is 2.15. The Morgan fingerprint density at radius 2 is 2.00 bits per heavy atom. The van der Waals surface area contributed by atoms with Crippen molar-refractivity contribution in [3.63, 3.8) is 0 Å². The molecule has 98 valence electrons. The van der Waals surface area contributed by atoms with Crippen LogP contribution < -0.4 is 10.6 Å². The van der Waals surface area contributed by atoms with E-state index in [-0.39, 0.29) is 18.5 Å². The molecule has 0 saturated heterocycles. The van der Waals surface area contributed by atoms with Crippen LogP contribution in [0.2, 0.25) is 0 Å². The Morgan fingerprint density at radius 1 is 1.35 bits per heavy atom. The van der Waals surface area contributed by atoms with E-state index in [4.69, 9.17) is 5.11 Å². The first kappa shape index (κ1) is 15.5. The van der Waals surface area contributed by atoms with Crippen LogP contribution in [0.1, 0.15) is 40.0 Å². The molecule has 0 spiro atoms. The molecular formula is C12H22N2O3. The molecule has 2 amide bonds. The molecule has 17 heavy (non-hydrogen) atoms. The van der Waals surface area contributed by atoms with Gasteiger partial charge in [-0.3, -0.25) is 4.79 Å². The van der Waals surface area contributed by atoms with Gasteiger partial charge in [0, 0.05) is 12.6 Å². The minimum atomic E-state index is -0.895. The van der Waals surface area contributed by atoms with E-state index < -0.39 is 5.97 Å². The van der Waals surface area contributed by atoms with Crippen LogP contribution in [0.25, 0.3) is 0 Å². The Bertz CT molecular complexity index is 283. The Balaban J connectivity index is 4.02. The molecule has 0 aromatic rings. The van der Waals surface area contributed by atoms with E-state index in [0.29, 0.717) is 13.0 Å². The maximum atomic E-state index is 11.4. The first-order chi connectivity index (χ1) is 7.95. The first-order valence-electron chi connectivity index (χ1n) is 5.85. The molecule has 0 aliphatic rings. The highest BCUT2D eigenvalue weighted by molar-refractivity contribution is 5.75. The summed E-state index contributed by atoms with van der Waals surface area (Å²) in [5.74, 6) is -0.895. The van der Waals surface area contributed by atoms with E-state index in [0.717, 1.165) is 12.0 Å². The van der Waals surface area contributed by atoms with Crippen molar-refractivity contribution in [3.05, 3.63) is 11.6 Å². The van der Waals surface area contributed by atoms with Crippen LogP contribution in [0.3, 0.4) is 0 Å². The van der Waals surface area contributed by atoms with Crippen molar-refractivity contribution in [2.75, 3.05) is 6.54 Å². The molecule has 1 unspecified atom stereocenters. The van der Waals surface area contributed by atoms with Crippen LogP contribution in [0, 0.1) is 0 Å². The number of rotatable bonds is 7. The van der Waals surface area contributed by atoms with E-state index in [1.54, 1.807) is 0 Å². The van der Waals surface area contributed by atoms with Gasteiger partial charge in [-0.2, -0.15) is 0 Å². The van der Waals surface area contributed by atoms with Gasteiger partial charge in [0.25, 0.3) is 0 Å². The Hall–Kier alpha value is -1.52. The lowest BCUT2D eigenvalue weighted by Gasteiger charge is -2.16. The van der Waals surface area contributed by atoms with E-state index in [9.17, 15) is 9.59 Å². The standard InChI is InChI=1S/C12H22N2O3/c1-4-5-10(8-11(15)16)14-12(17)13-7-6-9(2)3/h6,10H,4-5,7-8H2,1-3H3,(H,15,16)(H2,13,14,17). The topological polar surface area (TPSA) is 78.4 Å². The quantitative estimate of drug-likeness (QED) is 0.596. The Kier molecular flexibility index (Phi) is 7.84. The number of carbonyl (C=O) groups excluding carboxylic acids is 1. The van der Waals surface area contributed by atoms with Crippen LogP contribution in [0.5, 0.6) is 0 Å². The Labute approximate surface area is 102 Å². The molecule has 5 nitrogen and oxygen atoms in total. The third kappa shape index (κ3) is 9.41. The largest absolute Gasteiger partial charge is 0.481 e. The molecule has 0 bridgehead atoms. The molecule has 0 aromatic heterocycles. The lowest BCUT2D eigenvalue weighted by Crippen LogP contribution is -2.43. The smallest absolute Gasteiger partial charge is 0.315 e. The average molecular weight is 242 g/mol. The number of allylic oxidation sites excluding steroid dienone is 1. The van der Waals surface area contributed by atoms with Gasteiger partial charge in [0.1, 0.15) is 0 Å². The summed E-state index contributed by atoms with van der Waals surface area (Å²) >= 11 is 0. The van der Waals surface area contributed by atoms with Crippen LogP contribution in [0.4, 0.5) is 4.79 Å². The lowest BCUT2D eigenvalue weighted by atomic mass is 10.1. The van der Waals surface area contributed by atoms with Crippen molar-refractivity contribution in [3.8, 4) is 0 Å². The molecule has 1 atom stereocenters. The molecule has 0 heterocycles. The van der Waals surface area contributed by atoms with Gasteiger partial charge in [-0.05, 0) is 20.3 Å². The number of carbonyl (C=O) groups is 2. The van der Waals surface area contributed by atoms with Crippen molar-refractivity contribution in [2.45, 2.75) is 46.1 Å². The van der Waals surface area contributed by atoms with Crippen molar-refractivity contribution in [1.29, 1.82) is 0 Å². The predicted molar refractivity (Wildman–Crippen MR) is 66.9 cm³/mol. The van der Waals surface area contributed by atoms with Gasteiger partial charge in [0.05, 0.1) is 6.42 Å². The summed E-state index contributed by atoms with van der Waals surface area (Å²) in [6, 6.07) is -0.619. The zero-order valence-electron chi connectivity index (χ0n) is 10.7. The van der Waals surface area contributed by atoms with E-state index in [1.165, 1.54) is 0 Å². The first-order valence-corrected chi connectivity index (χ1v) is 5.85. The van der Waals surface area contributed by atoms with Gasteiger partial charge in [0.2, 0.25) is 0 Å². The van der Waals surface area contributed by atoms with Crippen molar-refractivity contribution < 1.29 is 14.7 Å². The summed E-state index contributed by atoms with van der Waals surface area (Å²) < 4.78 is 0. The van der Waals surface area contributed by atoms with Crippen molar-refractivity contribution in [1.82, 2.24) is 10.6 Å². The van der Waals surface area contributed by atoms with Gasteiger partial charge in [-0.25, -0.2) is 4.79 Å². The van der Waals surface area contributed by atoms with E-state index in [2.05, 4.69) is 10.6 Å². The number of urea groups is 1. The molecule has 0 fully saturated rings. The Morgan fingerprint density at radius 3 is 2.47 bits per heavy atom. The fourth-order valence-electron chi connectivity index (χ4n) is 1.37. The summed E-state index contributed by atoms with van der Waals surface area (Å²) in [5, 5.41) is 14.0. The van der Waals surface area contributed by atoms with Crippen molar-refractivity contribution >= 4 is 12.0 Å². The maximum absolute atomic E-state index is 11.4. The maximum Gasteiger partial charge on any atom is 0.315 e. The zero-order chi connectivity index (χ0) is 13.3. The van der Waals surface area contributed by atoms with Gasteiger partial charge >= 0.3 is 12.0 Å². The second-order valence-electron chi connectivity index (χ2n) is 4.22. The van der Waals surface area contributed by atoms with Crippen LogP contribution in [-0.2, 0) is 4.79 Å². The molecule has 0 aliphatic carbocycles. The number of carboxylic acid groups (broad SMARTS) is 1. The number of hydrogen-bond acceptors (Lipinski definition) is 2. The fourth-order valence-corrected chi connectivity index (χ4v) is 1.37. The molecule has 0 aromatic carbocycles. The van der Waals surface area contributed by atoms with Crippen molar-refractivity contribution in [2.24, 2.45) is 0 Å². The minimum absolute atomic E-state index is 0.0378. The minimum Gasteiger partial charge on any atom is -0.481 e. The van der Waals surface area contributed by atoms with E-state index in [1.807, 2.05) is 26.8 Å². The highest BCUT2D eigenvalue weighted by Crippen LogP contribution is 2.01. The predicted octanol–water partition coefficient (Wildman–Crippen LogP) is 1.90. The van der Waals surface area contributed by atoms with Gasteiger partial charge in [-0.15, -0.1) is 0 Å². The second-order valence-corrected chi connectivity index (χ2v) is 4.22. The highest BCUT2D eigenvalue weighted by atomic mass is 16.4. The molecule has 0 radical (unpaired) electrons. The third-order valence-corrected chi connectivity index (χ3v) is 2.17. The second kappa shape index (κ2) is 8.61. The number of hydrogen-bond donors (Lipinski definition) is 3. The zero-order valence-corrected chi connectivity index (χ0v) is 10.7. The SMILES string of the molecule is CCCC(CC(=O)O)NC(=O)NCC=C(C)C.